The number of hydrogen-bond acceptors (Lipinski definition) is 3. The Bertz CT molecular complexity index is 975. The average molecular weight is 361 g/mol. The maximum atomic E-state index is 4.53. The predicted octanol–water partition coefficient (Wildman–Crippen LogP) is 7.52. The van der Waals surface area contributed by atoms with Crippen LogP contribution in [0, 0.1) is 0 Å². The van der Waals surface area contributed by atoms with Crippen LogP contribution < -0.4 is 0 Å². The molecule has 0 radical (unpaired) electrons. The number of rotatable bonds is 5. The molecule has 0 fully saturated rings. The third-order valence-corrected chi connectivity index (χ3v) is 4.27. The van der Waals surface area contributed by atoms with Crippen LogP contribution >= 0.6 is 0 Å². The van der Waals surface area contributed by atoms with Crippen LogP contribution in [0.3, 0.4) is 0 Å². The molecule has 0 aliphatic carbocycles. The second-order valence-corrected chi connectivity index (χ2v) is 6.30. The van der Waals surface area contributed by atoms with Crippen LogP contribution in [0.1, 0.15) is 5.56 Å². The summed E-state index contributed by atoms with van der Waals surface area (Å²) in [4.78, 5) is 4.53. The van der Waals surface area contributed by atoms with E-state index in [9.17, 15) is 0 Å². The number of azo groups is 1. The van der Waals surface area contributed by atoms with Crippen molar-refractivity contribution in [2.45, 2.75) is 0 Å². The first-order valence-corrected chi connectivity index (χ1v) is 9.13. The van der Waals surface area contributed by atoms with Crippen molar-refractivity contribution < 1.29 is 0 Å². The van der Waals surface area contributed by atoms with E-state index in [1.165, 1.54) is 0 Å². The molecular weight excluding hydrogens is 342 g/mol. The SMILES string of the molecule is C(=Nc1ccc(-c2ccc(N=Nc3ccccc3)cc2)cc1)c1ccccc1. The van der Waals surface area contributed by atoms with Crippen LogP contribution in [0.4, 0.5) is 17.1 Å². The van der Waals surface area contributed by atoms with Gasteiger partial charge in [-0.25, -0.2) is 0 Å². The zero-order chi connectivity index (χ0) is 19.0. The molecule has 0 aliphatic heterocycles. The van der Waals surface area contributed by atoms with E-state index in [-0.39, 0.29) is 0 Å². The molecule has 134 valence electrons. The monoisotopic (exact) mass is 361 g/mol. The smallest absolute Gasteiger partial charge is 0.0857 e. The summed E-state index contributed by atoms with van der Waals surface area (Å²) in [6, 6.07) is 36.1. The highest BCUT2D eigenvalue weighted by molar-refractivity contribution is 5.82. The topological polar surface area (TPSA) is 37.1 Å². The molecule has 0 heterocycles. The average Bonchev–Trinajstić information content (AvgIpc) is 2.78. The minimum absolute atomic E-state index is 0.830. The van der Waals surface area contributed by atoms with E-state index in [0.717, 1.165) is 33.8 Å². The van der Waals surface area contributed by atoms with E-state index in [1.54, 1.807) is 0 Å². The molecule has 4 aromatic rings. The molecular formula is C25H19N3. The van der Waals surface area contributed by atoms with E-state index in [0.29, 0.717) is 0 Å². The molecule has 3 heteroatoms. The highest BCUT2D eigenvalue weighted by Gasteiger charge is 1.99. The lowest BCUT2D eigenvalue weighted by atomic mass is 10.1. The number of aliphatic imine (C=N–C) groups is 1. The van der Waals surface area contributed by atoms with E-state index >= 15 is 0 Å². The molecule has 0 aliphatic rings. The number of benzene rings is 4. The lowest BCUT2D eigenvalue weighted by Crippen LogP contribution is -1.79. The molecule has 4 aromatic carbocycles. The largest absolute Gasteiger partial charge is 0.256 e. The van der Waals surface area contributed by atoms with Gasteiger partial charge in [0.05, 0.1) is 17.1 Å². The third kappa shape index (κ3) is 4.65. The van der Waals surface area contributed by atoms with E-state index in [2.05, 4.69) is 39.5 Å². The first-order chi connectivity index (χ1) is 13.9. The normalized spacial score (nSPS) is 11.3. The van der Waals surface area contributed by atoms with Gasteiger partial charge in [-0.3, -0.25) is 4.99 Å². The Hall–Kier alpha value is -3.85. The van der Waals surface area contributed by atoms with Crippen LogP contribution in [0.2, 0.25) is 0 Å². The van der Waals surface area contributed by atoms with Gasteiger partial charge in [-0.1, -0.05) is 72.8 Å². The van der Waals surface area contributed by atoms with E-state index < -0.39 is 0 Å². The summed E-state index contributed by atoms with van der Waals surface area (Å²) in [5.74, 6) is 0. The van der Waals surface area contributed by atoms with Gasteiger partial charge in [-0.15, -0.1) is 0 Å². The number of hydrogen-bond donors (Lipinski definition) is 0. The Morgan fingerprint density at radius 2 is 0.893 bits per heavy atom. The lowest BCUT2D eigenvalue weighted by Gasteiger charge is -2.03. The van der Waals surface area contributed by atoms with E-state index in [4.69, 9.17) is 0 Å². The van der Waals surface area contributed by atoms with Gasteiger partial charge in [0.15, 0.2) is 0 Å². The summed E-state index contributed by atoms with van der Waals surface area (Å²) in [6.07, 6.45) is 1.88. The fourth-order valence-electron chi connectivity index (χ4n) is 2.76. The molecule has 0 spiro atoms. The summed E-state index contributed by atoms with van der Waals surface area (Å²) < 4.78 is 0. The first kappa shape index (κ1) is 17.6. The molecule has 0 unspecified atom stereocenters. The van der Waals surface area contributed by atoms with Crippen molar-refractivity contribution in [2.24, 2.45) is 15.2 Å². The van der Waals surface area contributed by atoms with Gasteiger partial charge in [0, 0.05) is 6.21 Å². The standard InChI is InChI=1S/C25H19N3/c1-3-7-20(8-4-1)19-26-23-15-11-21(12-16-23)22-13-17-25(18-14-22)28-27-24-9-5-2-6-10-24/h1-19H. The molecule has 3 nitrogen and oxygen atoms in total. The van der Waals surface area contributed by atoms with Gasteiger partial charge < -0.3 is 0 Å². The van der Waals surface area contributed by atoms with E-state index in [1.807, 2.05) is 91.1 Å². The molecule has 0 amide bonds. The third-order valence-electron chi connectivity index (χ3n) is 4.27. The molecule has 0 bridgehead atoms. The van der Waals surface area contributed by atoms with Crippen LogP contribution in [0.25, 0.3) is 11.1 Å². The van der Waals surface area contributed by atoms with Crippen molar-refractivity contribution in [3.63, 3.8) is 0 Å². The number of nitrogens with zero attached hydrogens (tertiary/aromatic N) is 3. The Balaban J connectivity index is 1.44. The molecule has 28 heavy (non-hydrogen) atoms. The zero-order valence-electron chi connectivity index (χ0n) is 15.3. The van der Waals surface area contributed by atoms with Crippen LogP contribution in [0.15, 0.2) is 124 Å². The van der Waals surface area contributed by atoms with Crippen LogP contribution in [0.5, 0.6) is 0 Å². The minimum Gasteiger partial charge on any atom is -0.256 e. The molecule has 0 aromatic heterocycles. The Kier molecular flexibility index (Phi) is 5.45. The second kappa shape index (κ2) is 8.69. The maximum Gasteiger partial charge on any atom is 0.0857 e. The predicted molar refractivity (Wildman–Crippen MR) is 116 cm³/mol. The zero-order valence-corrected chi connectivity index (χ0v) is 15.3. The quantitative estimate of drug-likeness (QED) is 0.260. The molecule has 0 saturated carbocycles. The molecule has 0 N–H and O–H groups in total. The Morgan fingerprint density at radius 1 is 0.429 bits per heavy atom. The first-order valence-electron chi connectivity index (χ1n) is 9.13. The summed E-state index contributed by atoms with van der Waals surface area (Å²) in [5, 5.41) is 8.53. The van der Waals surface area contributed by atoms with Gasteiger partial charge in [0.25, 0.3) is 0 Å². The molecule has 0 atom stereocenters. The Labute approximate surface area is 164 Å². The summed E-state index contributed by atoms with van der Waals surface area (Å²) in [7, 11) is 0. The van der Waals surface area contributed by atoms with Crippen molar-refractivity contribution >= 4 is 23.3 Å². The Morgan fingerprint density at radius 3 is 1.46 bits per heavy atom. The van der Waals surface area contributed by atoms with Crippen molar-refractivity contribution in [3.05, 3.63) is 115 Å². The molecule has 4 rings (SSSR count). The van der Waals surface area contributed by atoms with Crippen molar-refractivity contribution in [1.29, 1.82) is 0 Å². The highest BCUT2D eigenvalue weighted by Crippen LogP contribution is 2.26. The van der Waals surface area contributed by atoms with Gasteiger partial charge >= 0.3 is 0 Å². The van der Waals surface area contributed by atoms with Crippen molar-refractivity contribution in [3.8, 4) is 11.1 Å². The fourth-order valence-corrected chi connectivity index (χ4v) is 2.76. The summed E-state index contributed by atoms with van der Waals surface area (Å²) in [5.41, 5.74) is 5.98. The van der Waals surface area contributed by atoms with Crippen molar-refractivity contribution in [1.82, 2.24) is 0 Å². The van der Waals surface area contributed by atoms with Gasteiger partial charge in [-0.05, 0) is 53.1 Å². The van der Waals surface area contributed by atoms with Crippen molar-refractivity contribution in [2.75, 3.05) is 0 Å². The van der Waals surface area contributed by atoms with Crippen LogP contribution in [-0.2, 0) is 0 Å². The van der Waals surface area contributed by atoms with Gasteiger partial charge in [-0.2, -0.15) is 10.2 Å². The fraction of sp³-hybridized carbons (Fsp3) is 0. The summed E-state index contributed by atoms with van der Waals surface area (Å²) in [6.45, 7) is 0. The highest BCUT2D eigenvalue weighted by atomic mass is 15.1. The lowest BCUT2D eigenvalue weighted by molar-refractivity contribution is 1.23. The van der Waals surface area contributed by atoms with Gasteiger partial charge in [0.2, 0.25) is 0 Å². The maximum absolute atomic E-state index is 4.53. The van der Waals surface area contributed by atoms with Crippen LogP contribution in [-0.4, -0.2) is 6.21 Å². The van der Waals surface area contributed by atoms with Gasteiger partial charge in [0.1, 0.15) is 0 Å². The molecule has 0 saturated heterocycles. The minimum atomic E-state index is 0.830. The summed E-state index contributed by atoms with van der Waals surface area (Å²) >= 11 is 0. The second-order valence-electron chi connectivity index (χ2n) is 6.30.